The predicted molar refractivity (Wildman–Crippen MR) is 51.7 cm³/mol. The van der Waals surface area contributed by atoms with Crippen molar-refractivity contribution in [2.45, 2.75) is 32.4 Å². The molecule has 0 fully saturated rings. The lowest BCUT2D eigenvalue weighted by atomic mass is 10.2. The van der Waals surface area contributed by atoms with Gasteiger partial charge in [-0.15, -0.1) is 0 Å². The van der Waals surface area contributed by atoms with Crippen molar-refractivity contribution in [3.63, 3.8) is 0 Å². The van der Waals surface area contributed by atoms with Gasteiger partial charge in [0, 0.05) is 24.9 Å². The third-order valence-corrected chi connectivity index (χ3v) is 1.88. The van der Waals surface area contributed by atoms with E-state index in [-0.39, 0.29) is 6.42 Å². The number of imidazole rings is 1. The van der Waals surface area contributed by atoms with E-state index in [9.17, 15) is 13.2 Å². The molecule has 0 aliphatic carbocycles. The van der Waals surface area contributed by atoms with Crippen LogP contribution in [0.25, 0.3) is 0 Å². The Bertz CT molecular complexity index is 293. The highest BCUT2D eigenvalue weighted by atomic mass is 19.4. The SMILES string of the molecule is Cc1cnc(NCCCCC(F)(F)F)[nH]1. The van der Waals surface area contributed by atoms with E-state index in [0.717, 1.165) is 5.69 Å². The Morgan fingerprint density at radius 1 is 1.40 bits per heavy atom. The van der Waals surface area contributed by atoms with Gasteiger partial charge in [0.1, 0.15) is 0 Å². The molecule has 0 unspecified atom stereocenters. The van der Waals surface area contributed by atoms with Crippen LogP contribution in [0.15, 0.2) is 6.20 Å². The Morgan fingerprint density at radius 2 is 2.13 bits per heavy atom. The van der Waals surface area contributed by atoms with E-state index in [1.54, 1.807) is 6.20 Å². The fourth-order valence-corrected chi connectivity index (χ4v) is 1.16. The van der Waals surface area contributed by atoms with Crippen molar-refractivity contribution < 1.29 is 13.2 Å². The van der Waals surface area contributed by atoms with Gasteiger partial charge in [0.15, 0.2) is 5.95 Å². The van der Waals surface area contributed by atoms with E-state index < -0.39 is 12.6 Å². The summed E-state index contributed by atoms with van der Waals surface area (Å²) in [6, 6.07) is 0. The van der Waals surface area contributed by atoms with Gasteiger partial charge in [-0.05, 0) is 19.8 Å². The van der Waals surface area contributed by atoms with E-state index in [4.69, 9.17) is 0 Å². The van der Waals surface area contributed by atoms with Crippen LogP contribution in [0.5, 0.6) is 0 Å². The topological polar surface area (TPSA) is 40.7 Å². The van der Waals surface area contributed by atoms with Crippen LogP contribution in [-0.2, 0) is 0 Å². The number of unbranched alkanes of at least 4 members (excludes halogenated alkanes) is 1. The minimum Gasteiger partial charge on any atom is -0.356 e. The summed E-state index contributed by atoms with van der Waals surface area (Å²) in [6.45, 7) is 2.37. The number of aryl methyl sites for hydroxylation is 1. The van der Waals surface area contributed by atoms with Crippen LogP contribution < -0.4 is 5.32 Å². The number of aromatic amines is 1. The zero-order valence-electron chi connectivity index (χ0n) is 8.49. The molecule has 6 heteroatoms. The first-order valence-electron chi connectivity index (χ1n) is 4.79. The van der Waals surface area contributed by atoms with Crippen LogP contribution in [0.3, 0.4) is 0 Å². The molecule has 0 spiro atoms. The molecule has 0 saturated carbocycles. The molecule has 0 aliphatic rings. The maximum absolute atomic E-state index is 11.8. The summed E-state index contributed by atoms with van der Waals surface area (Å²) in [5.41, 5.74) is 0.924. The van der Waals surface area contributed by atoms with E-state index in [1.807, 2.05) is 6.92 Å². The quantitative estimate of drug-likeness (QED) is 0.750. The van der Waals surface area contributed by atoms with Gasteiger partial charge in [0.25, 0.3) is 0 Å². The molecular formula is C9H14F3N3. The summed E-state index contributed by atoms with van der Waals surface area (Å²) in [5, 5.41) is 2.92. The van der Waals surface area contributed by atoms with Crippen LogP contribution in [0.4, 0.5) is 19.1 Å². The molecule has 0 atom stereocenters. The summed E-state index contributed by atoms with van der Waals surface area (Å²) in [4.78, 5) is 6.91. The molecule has 1 heterocycles. The fraction of sp³-hybridized carbons (Fsp3) is 0.667. The summed E-state index contributed by atoms with van der Waals surface area (Å²) >= 11 is 0. The summed E-state index contributed by atoms with van der Waals surface area (Å²) in [7, 11) is 0. The largest absolute Gasteiger partial charge is 0.389 e. The average Bonchev–Trinajstić information content (AvgIpc) is 2.49. The molecule has 1 aromatic heterocycles. The van der Waals surface area contributed by atoms with Gasteiger partial charge in [-0.25, -0.2) is 4.98 Å². The maximum atomic E-state index is 11.8. The van der Waals surface area contributed by atoms with E-state index in [2.05, 4.69) is 15.3 Å². The molecule has 0 amide bonds. The Kier molecular flexibility index (Phi) is 3.99. The number of anilines is 1. The number of alkyl halides is 3. The Balaban J connectivity index is 2.07. The van der Waals surface area contributed by atoms with E-state index in [1.165, 1.54) is 0 Å². The summed E-state index contributed by atoms with van der Waals surface area (Å²) in [5.74, 6) is 0.611. The van der Waals surface area contributed by atoms with Crippen molar-refractivity contribution in [2.75, 3.05) is 11.9 Å². The van der Waals surface area contributed by atoms with Crippen molar-refractivity contribution in [1.29, 1.82) is 0 Å². The van der Waals surface area contributed by atoms with Crippen molar-refractivity contribution in [3.8, 4) is 0 Å². The van der Waals surface area contributed by atoms with Crippen LogP contribution in [0.2, 0.25) is 0 Å². The lowest BCUT2D eigenvalue weighted by molar-refractivity contribution is -0.135. The van der Waals surface area contributed by atoms with Crippen molar-refractivity contribution in [2.24, 2.45) is 0 Å². The van der Waals surface area contributed by atoms with Crippen molar-refractivity contribution in [1.82, 2.24) is 9.97 Å². The van der Waals surface area contributed by atoms with Crippen molar-refractivity contribution >= 4 is 5.95 Å². The van der Waals surface area contributed by atoms with Gasteiger partial charge in [-0.1, -0.05) is 0 Å². The third-order valence-electron chi connectivity index (χ3n) is 1.88. The molecule has 0 saturated heterocycles. The zero-order valence-corrected chi connectivity index (χ0v) is 8.49. The molecule has 1 rings (SSSR count). The second-order valence-electron chi connectivity index (χ2n) is 3.41. The van der Waals surface area contributed by atoms with Crippen LogP contribution >= 0.6 is 0 Å². The number of nitrogens with zero attached hydrogens (tertiary/aromatic N) is 1. The first-order valence-corrected chi connectivity index (χ1v) is 4.79. The molecule has 15 heavy (non-hydrogen) atoms. The molecule has 2 N–H and O–H groups in total. The van der Waals surface area contributed by atoms with Crippen molar-refractivity contribution in [3.05, 3.63) is 11.9 Å². The number of hydrogen-bond donors (Lipinski definition) is 2. The molecule has 86 valence electrons. The number of halogens is 3. The standard InChI is InChI=1S/C9H14F3N3/c1-7-6-14-8(15-7)13-5-3-2-4-9(10,11)12/h6H,2-5H2,1H3,(H2,13,14,15). The van der Waals surface area contributed by atoms with Gasteiger partial charge in [-0.2, -0.15) is 13.2 Å². The summed E-state index contributed by atoms with van der Waals surface area (Å²) < 4.78 is 35.3. The molecule has 0 aromatic carbocycles. The Labute approximate surface area is 86.1 Å². The van der Waals surface area contributed by atoms with Crippen LogP contribution in [0.1, 0.15) is 25.0 Å². The Morgan fingerprint density at radius 3 is 2.67 bits per heavy atom. The number of hydrogen-bond acceptors (Lipinski definition) is 2. The Hall–Kier alpha value is -1.20. The minimum absolute atomic E-state index is 0.149. The third kappa shape index (κ3) is 5.29. The second-order valence-corrected chi connectivity index (χ2v) is 3.41. The average molecular weight is 221 g/mol. The number of H-pyrrole nitrogens is 1. The molecule has 0 bridgehead atoms. The number of aromatic nitrogens is 2. The predicted octanol–water partition coefficient (Wildman–Crippen LogP) is 2.86. The molecular weight excluding hydrogens is 207 g/mol. The second kappa shape index (κ2) is 5.04. The smallest absolute Gasteiger partial charge is 0.356 e. The van der Waals surface area contributed by atoms with Crippen LogP contribution in [-0.4, -0.2) is 22.7 Å². The molecule has 3 nitrogen and oxygen atoms in total. The monoisotopic (exact) mass is 221 g/mol. The van der Waals surface area contributed by atoms with Gasteiger partial charge >= 0.3 is 6.18 Å². The highest BCUT2D eigenvalue weighted by molar-refractivity contribution is 5.25. The molecule has 0 radical (unpaired) electrons. The zero-order chi connectivity index (χ0) is 11.3. The highest BCUT2D eigenvalue weighted by Gasteiger charge is 2.25. The van der Waals surface area contributed by atoms with Gasteiger partial charge < -0.3 is 10.3 Å². The number of nitrogens with one attached hydrogen (secondary N) is 2. The highest BCUT2D eigenvalue weighted by Crippen LogP contribution is 2.21. The van der Waals surface area contributed by atoms with Gasteiger partial charge in [0.05, 0.1) is 0 Å². The van der Waals surface area contributed by atoms with E-state index >= 15 is 0 Å². The molecule has 0 aliphatic heterocycles. The lowest BCUT2D eigenvalue weighted by Crippen LogP contribution is -2.09. The normalized spacial score (nSPS) is 11.7. The lowest BCUT2D eigenvalue weighted by Gasteiger charge is -2.06. The first-order chi connectivity index (χ1) is 6.97. The summed E-state index contributed by atoms with van der Waals surface area (Å²) in [6.07, 6.45) is -2.46. The van der Waals surface area contributed by atoms with Gasteiger partial charge in [-0.3, -0.25) is 0 Å². The first kappa shape index (κ1) is 11.9. The molecule has 1 aromatic rings. The van der Waals surface area contributed by atoms with E-state index in [0.29, 0.717) is 18.9 Å². The van der Waals surface area contributed by atoms with Crippen LogP contribution in [0, 0.1) is 6.92 Å². The van der Waals surface area contributed by atoms with Gasteiger partial charge in [0.2, 0.25) is 0 Å². The maximum Gasteiger partial charge on any atom is 0.389 e. The minimum atomic E-state index is -4.04. The number of rotatable bonds is 5. The fourth-order valence-electron chi connectivity index (χ4n) is 1.16.